The van der Waals surface area contributed by atoms with Gasteiger partial charge in [0, 0.05) is 32.0 Å². The zero-order valence-electron chi connectivity index (χ0n) is 12.8. The highest BCUT2D eigenvalue weighted by atomic mass is 32.2. The maximum absolute atomic E-state index is 12.4. The van der Waals surface area contributed by atoms with Crippen LogP contribution in [-0.2, 0) is 11.3 Å². The lowest BCUT2D eigenvalue weighted by Crippen LogP contribution is -2.39. The van der Waals surface area contributed by atoms with Crippen LogP contribution >= 0.6 is 11.8 Å². The van der Waals surface area contributed by atoms with Gasteiger partial charge in [-0.05, 0) is 12.5 Å². The van der Waals surface area contributed by atoms with Crippen molar-refractivity contribution in [2.45, 2.75) is 23.9 Å². The first-order valence-corrected chi connectivity index (χ1v) is 8.34. The molecule has 0 aliphatic carbocycles. The van der Waals surface area contributed by atoms with Crippen molar-refractivity contribution < 1.29 is 9.59 Å². The molecule has 120 valence electrons. The molecule has 1 N–H and O–H groups in total. The lowest BCUT2D eigenvalue weighted by molar-refractivity contribution is -0.126. The number of benzene rings is 1. The summed E-state index contributed by atoms with van der Waals surface area (Å²) in [7, 11) is 0. The van der Waals surface area contributed by atoms with Crippen LogP contribution < -0.4 is 5.32 Å². The van der Waals surface area contributed by atoms with Gasteiger partial charge in [0.2, 0.25) is 5.91 Å². The zero-order valence-corrected chi connectivity index (χ0v) is 13.6. The van der Waals surface area contributed by atoms with Gasteiger partial charge in [0.05, 0.1) is 5.25 Å². The van der Waals surface area contributed by atoms with E-state index in [0.717, 1.165) is 5.16 Å². The molecule has 1 fully saturated rings. The van der Waals surface area contributed by atoms with Crippen LogP contribution in [0.1, 0.15) is 12.5 Å². The quantitative estimate of drug-likeness (QED) is 0.851. The smallest absolute Gasteiger partial charge is 0.324 e. The van der Waals surface area contributed by atoms with Crippen LogP contribution in [0.2, 0.25) is 0 Å². The second kappa shape index (κ2) is 6.87. The molecular formula is C16H18N4O2S. The van der Waals surface area contributed by atoms with E-state index >= 15 is 0 Å². The third-order valence-electron chi connectivity index (χ3n) is 3.63. The minimum absolute atomic E-state index is 0.181. The van der Waals surface area contributed by atoms with Crippen LogP contribution in [0.3, 0.4) is 0 Å². The van der Waals surface area contributed by atoms with Crippen molar-refractivity contribution in [2.75, 3.05) is 13.1 Å². The van der Waals surface area contributed by atoms with Gasteiger partial charge in [0.1, 0.15) is 0 Å². The Bertz CT molecular complexity index is 701. The topological polar surface area (TPSA) is 67.2 Å². The summed E-state index contributed by atoms with van der Waals surface area (Å²) in [5.74, 6) is -0.181. The van der Waals surface area contributed by atoms with Gasteiger partial charge in [0.25, 0.3) is 0 Å². The molecule has 1 aliphatic heterocycles. The second-order valence-corrected chi connectivity index (χ2v) is 6.61. The predicted octanol–water partition coefficient (Wildman–Crippen LogP) is 1.96. The maximum Gasteiger partial charge on any atom is 0.324 e. The summed E-state index contributed by atoms with van der Waals surface area (Å²) in [5, 5.41) is 3.05. The Labute approximate surface area is 138 Å². The third-order valence-corrected chi connectivity index (χ3v) is 4.73. The van der Waals surface area contributed by atoms with Gasteiger partial charge in [0.15, 0.2) is 5.16 Å². The molecular weight excluding hydrogens is 312 g/mol. The number of rotatable bonds is 5. The fourth-order valence-electron chi connectivity index (χ4n) is 2.42. The summed E-state index contributed by atoms with van der Waals surface area (Å²) >= 11 is 1.37. The monoisotopic (exact) mass is 330 g/mol. The molecule has 0 radical (unpaired) electrons. The average Bonchev–Trinajstić information content (AvgIpc) is 3.17. The number of nitrogens with zero attached hydrogens (tertiary/aromatic N) is 3. The van der Waals surface area contributed by atoms with Gasteiger partial charge in [-0.25, -0.2) is 9.78 Å². The summed E-state index contributed by atoms with van der Waals surface area (Å²) in [4.78, 5) is 29.6. The summed E-state index contributed by atoms with van der Waals surface area (Å²) < 4.78 is 2.01. The minimum Gasteiger partial charge on any atom is -0.336 e. The van der Waals surface area contributed by atoms with E-state index in [1.54, 1.807) is 13.1 Å². The molecule has 1 aliphatic rings. The van der Waals surface area contributed by atoms with E-state index in [1.165, 1.54) is 22.2 Å². The van der Waals surface area contributed by atoms with Crippen LogP contribution in [0.4, 0.5) is 4.79 Å². The minimum atomic E-state index is -0.365. The van der Waals surface area contributed by atoms with Gasteiger partial charge >= 0.3 is 6.03 Å². The van der Waals surface area contributed by atoms with Crippen LogP contribution in [0.5, 0.6) is 0 Å². The number of nitrogens with one attached hydrogen (secondary N) is 1. The molecule has 3 amide bonds. The number of amides is 3. The third kappa shape index (κ3) is 3.56. The number of carbonyl (C=O) groups excluding carboxylic acids is 2. The predicted molar refractivity (Wildman–Crippen MR) is 88.2 cm³/mol. The van der Waals surface area contributed by atoms with Crippen molar-refractivity contribution in [1.29, 1.82) is 0 Å². The van der Waals surface area contributed by atoms with Crippen LogP contribution in [0.15, 0.2) is 47.9 Å². The summed E-state index contributed by atoms with van der Waals surface area (Å²) in [6.45, 7) is 3.46. The summed E-state index contributed by atoms with van der Waals surface area (Å²) in [5.41, 5.74) is 1.17. The molecule has 1 atom stereocenters. The van der Waals surface area contributed by atoms with Gasteiger partial charge in [-0.15, -0.1) is 0 Å². The largest absolute Gasteiger partial charge is 0.336 e. The van der Waals surface area contributed by atoms with E-state index in [4.69, 9.17) is 0 Å². The van der Waals surface area contributed by atoms with Crippen molar-refractivity contribution in [1.82, 2.24) is 19.8 Å². The van der Waals surface area contributed by atoms with E-state index in [1.807, 2.05) is 29.0 Å². The molecule has 0 spiro atoms. The first-order chi connectivity index (χ1) is 11.1. The first-order valence-electron chi connectivity index (χ1n) is 7.46. The Balaban J connectivity index is 1.67. The number of carbonyl (C=O) groups is 2. The fraction of sp³-hybridized carbons (Fsp3) is 0.312. The molecule has 2 heterocycles. The van der Waals surface area contributed by atoms with Gasteiger partial charge in [-0.1, -0.05) is 42.1 Å². The molecule has 1 aromatic heterocycles. The second-order valence-electron chi connectivity index (χ2n) is 5.31. The molecule has 7 heteroatoms. The van der Waals surface area contributed by atoms with Crippen molar-refractivity contribution >= 4 is 23.7 Å². The number of aromatic nitrogens is 2. The van der Waals surface area contributed by atoms with E-state index in [-0.39, 0.29) is 17.2 Å². The molecule has 1 aromatic carbocycles. The molecule has 6 nitrogen and oxygen atoms in total. The Hall–Kier alpha value is -2.28. The van der Waals surface area contributed by atoms with Crippen molar-refractivity contribution in [3.63, 3.8) is 0 Å². The number of urea groups is 1. The highest BCUT2D eigenvalue weighted by Gasteiger charge is 2.30. The summed E-state index contributed by atoms with van der Waals surface area (Å²) in [6, 6.07) is 9.77. The molecule has 0 saturated carbocycles. The number of thioether (sulfide) groups is 1. The first kappa shape index (κ1) is 15.6. The van der Waals surface area contributed by atoms with Crippen LogP contribution in [0.25, 0.3) is 0 Å². The van der Waals surface area contributed by atoms with Crippen molar-refractivity contribution in [2.24, 2.45) is 0 Å². The summed E-state index contributed by atoms with van der Waals surface area (Å²) in [6.07, 6.45) is 3.63. The van der Waals surface area contributed by atoms with Crippen molar-refractivity contribution in [3.05, 3.63) is 48.3 Å². The molecule has 3 rings (SSSR count). The number of hydrogen-bond donors (Lipinski definition) is 1. The fourth-order valence-corrected chi connectivity index (χ4v) is 3.35. The lowest BCUT2D eigenvalue weighted by Gasteiger charge is -2.17. The Morgan fingerprint density at radius 2 is 2.17 bits per heavy atom. The number of imidazole rings is 1. The van der Waals surface area contributed by atoms with E-state index in [2.05, 4.69) is 22.4 Å². The van der Waals surface area contributed by atoms with E-state index in [9.17, 15) is 9.59 Å². The maximum atomic E-state index is 12.4. The molecule has 0 bridgehead atoms. The van der Waals surface area contributed by atoms with Crippen molar-refractivity contribution in [3.8, 4) is 0 Å². The van der Waals surface area contributed by atoms with Gasteiger partial charge in [-0.2, -0.15) is 0 Å². The van der Waals surface area contributed by atoms with E-state index in [0.29, 0.717) is 19.6 Å². The molecule has 1 saturated heterocycles. The number of imide groups is 1. The lowest BCUT2D eigenvalue weighted by atomic mass is 10.2. The standard InChI is InChI=1S/C16H18N4O2S/c1-12(14(21)20-10-8-17-15(20)22)23-16-18-7-9-19(16)11-13-5-3-2-4-6-13/h2-7,9,12H,8,10-11H2,1H3,(H,17,22). The molecule has 2 aromatic rings. The zero-order chi connectivity index (χ0) is 16.2. The average molecular weight is 330 g/mol. The molecule has 1 unspecified atom stereocenters. The highest BCUT2D eigenvalue weighted by molar-refractivity contribution is 8.00. The Kier molecular flexibility index (Phi) is 4.66. The Morgan fingerprint density at radius 3 is 2.87 bits per heavy atom. The molecule has 23 heavy (non-hydrogen) atoms. The van der Waals surface area contributed by atoms with Crippen LogP contribution in [-0.4, -0.2) is 44.7 Å². The number of hydrogen-bond acceptors (Lipinski definition) is 4. The normalized spacial score (nSPS) is 15.5. The highest BCUT2D eigenvalue weighted by Crippen LogP contribution is 2.24. The van der Waals surface area contributed by atoms with Gasteiger partial charge < -0.3 is 9.88 Å². The van der Waals surface area contributed by atoms with Crippen LogP contribution in [0, 0.1) is 0 Å². The van der Waals surface area contributed by atoms with E-state index < -0.39 is 0 Å². The SMILES string of the molecule is CC(Sc1nccn1Cc1ccccc1)C(=O)N1CCNC1=O. The van der Waals surface area contributed by atoms with Gasteiger partial charge in [-0.3, -0.25) is 9.69 Å². The Morgan fingerprint density at radius 1 is 1.39 bits per heavy atom.